The Labute approximate surface area is 168 Å². The number of aromatic nitrogens is 2. The maximum atomic E-state index is 12.5. The average molecular weight is 443 g/mol. The van der Waals surface area contributed by atoms with Gasteiger partial charge in [-0.25, -0.2) is 4.98 Å². The molecule has 2 heterocycles. The zero-order valence-corrected chi connectivity index (χ0v) is 16.5. The van der Waals surface area contributed by atoms with Crippen LogP contribution in [0.15, 0.2) is 63.7 Å². The lowest BCUT2D eigenvalue weighted by atomic mass is 10.1. The fourth-order valence-corrected chi connectivity index (χ4v) is 3.35. The van der Waals surface area contributed by atoms with E-state index in [4.69, 9.17) is 16.0 Å². The molecule has 0 aliphatic carbocycles. The van der Waals surface area contributed by atoms with E-state index < -0.39 is 0 Å². The molecule has 0 saturated carbocycles. The molecule has 2 aromatic carbocycles. The average Bonchev–Trinajstić information content (AvgIpc) is 3.05. The molecule has 0 radical (unpaired) electrons. The Balaban J connectivity index is 1.62. The molecule has 4 rings (SSSR count). The van der Waals surface area contributed by atoms with Gasteiger partial charge in [0.15, 0.2) is 5.58 Å². The Hall–Kier alpha value is -2.70. The minimum Gasteiger partial charge on any atom is -0.436 e. The van der Waals surface area contributed by atoms with Crippen molar-refractivity contribution in [2.24, 2.45) is 0 Å². The Morgan fingerprint density at radius 3 is 2.78 bits per heavy atom. The number of amides is 1. The summed E-state index contributed by atoms with van der Waals surface area (Å²) in [5.74, 6) is 0.183. The number of oxazole rings is 1. The van der Waals surface area contributed by atoms with Crippen molar-refractivity contribution in [1.82, 2.24) is 9.97 Å². The first-order valence-corrected chi connectivity index (χ1v) is 9.26. The number of aryl methyl sites for hydroxylation is 1. The van der Waals surface area contributed by atoms with Gasteiger partial charge in [-0.3, -0.25) is 9.78 Å². The third kappa shape index (κ3) is 3.72. The highest BCUT2D eigenvalue weighted by Crippen LogP contribution is 2.27. The van der Waals surface area contributed by atoms with Gasteiger partial charge in [0, 0.05) is 22.6 Å². The predicted octanol–water partition coefficient (Wildman–Crippen LogP) is 5.87. The molecule has 134 valence electrons. The molecular formula is C20H13BrClN3O2. The predicted molar refractivity (Wildman–Crippen MR) is 109 cm³/mol. The van der Waals surface area contributed by atoms with Gasteiger partial charge in [0.25, 0.3) is 5.91 Å². The molecule has 0 aliphatic heterocycles. The van der Waals surface area contributed by atoms with E-state index in [1.165, 1.54) is 0 Å². The summed E-state index contributed by atoms with van der Waals surface area (Å²) in [6.07, 6.45) is 3.37. The Morgan fingerprint density at radius 1 is 1.15 bits per heavy atom. The number of carbonyl (C=O) groups excluding carboxylic acids is 1. The molecule has 0 bridgehead atoms. The first-order chi connectivity index (χ1) is 13.0. The molecule has 0 saturated heterocycles. The van der Waals surface area contributed by atoms with Crippen molar-refractivity contribution in [3.8, 4) is 11.5 Å². The summed E-state index contributed by atoms with van der Waals surface area (Å²) in [6, 6.07) is 12.5. The fourth-order valence-electron chi connectivity index (χ4n) is 2.66. The molecule has 5 nitrogen and oxygen atoms in total. The molecule has 1 amide bonds. The van der Waals surface area contributed by atoms with Crippen LogP contribution in [0.3, 0.4) is 0 Å². The number of fused-ring (bicyclic) bond motifs is 1. The molecule has 1 N–H and O–H groups in total. The summed E-state index contributed by atoms with van der Waals surface area (Å²) in [5, 5.41) is 3.26. The van der Waals surface area contributed by atoms with Gasteiger partial charge in [-0.2, -0.15) is 0 Å². The normalized spacial score (nSPS) is 10.9. The van der Waals surface area contributed by atoms with Gasteiger partial charge in [0.2, 0.25) is 5.89 Å². The number of nitrogens with one attached hydrogen (secondary N) is 1. The van der Waals surface area contributed by atoms with Crippen LogP contribution in [0.2, 0.25) is 5.02 Å². The number of halogens is 2. The smallest absolute Gasteiger partial charge is 0.257 e. The standard InChI is InChI=1S/C20H13BrClN3O2/c1-11-2-4-15(16(22)6-11)19(26)24-14-3-5-18-17(8-14)25-20(27-18)12-7-13(21)10-23-9-12/h2-10H,1H3,(H,24,26). The second-order valence-electron chi connectivity index (χ2n) is 6.03. The minimum atomic E-state index is -0.278. The molecule has 0 unspecified atom stereocenters. The molecule has 0 spiro atoms. The van der Waals surface area contributed by atoms with Crippen molar-refractivity contribution < 1.29 is 9.21 Å². The molecule has 0 aliphatic rings. The summed E-state index contributed by atoms with van der Waals surface area (Å²) >= 11 is 9.56. The van der Waals surface area contributed by atoms with Crippen molar-refractivity contribution in [3.63, 3.8) is 0 Å². The molecule has 0 fully saturated rings. The zero-order valence-electron chi connectivity index (χ0n) is 14.2. The van der Waals surface area contributed by atoms with Gasteiger partial charge >= 0.3 is 0 Å². The number of nitrogens with zero attached hydrogens (tertiary/aromatic N) is 2. The highest BCUT2D eigenvalue weighted by Gasteiger charge is 2.13. The summed E-state index contributed by atoms with van der Waals surface area (Å²) in [6.45, 7) is 1.92. The maximum Gasteiger partial charge on any atom is 0.257 e. The van der Waals surface area contributed by atoms with Crippen molar-refractivity contribution in [2.45, 2.75) is 6.92 Å². The van der Waals surface area contributed by atoms with Crippen molar-refractivity contribution >= 4 is 50.2 Å². The minimum absolute atomic E-state index is 0.278. The van der Waals surface area contributed by atoms with Gasteiger partial charge < -0.3 is 9.73 Å². The van der Waals surface area contributed by atoms with Crippen molar-refractivity contribution in [2.75, 3.05) is 5.32 Å². The molecule has 7 heteroatoms. The SMILES string of the molecule is Cc1ccc(C(=O)Nc2ccc3oc(-c4cncc(Br)c4)nc3c2)c(Cl)c1. The Kier molecular flexibility index (Phi) is 4.68. The van der Waals surface area contributed by atoms with E-state index in [1.807, 2.05) is 19.1 Å². The van der Waals surface area contributed by atoms with Gasteiger partial charge in [-0.1, -0.05) is 17.7 Å². The van der Waals surface area contributed by atoms with Crippen LogP contribution in [-0.2, 0) is 0 Å². The number of hydrogen-bond acceptors (Lipinski definition) is 4. The summed E-state index contributed by atoms with van der Waals surface area (Å²) in [4.78, 5) is 21.1. The van der Waals surface area contributed by atoms with Crippen LogP contribution >= 0.6 is 27.5 Å². The van der Waals surface area contributed by atoms with Crippen LogP contribution < -0.4 is 5.32 Å². The summed E-state index contributed by atoms with van der Waals surface area (Å²) in [7, 11) is 0. The van der Waals surface area contributed by atoms with Crippen molar-refractivity contribution in [3.05, 3.63) is 75.5 Å². The lowest BCUT2D eigenvalue weighted by Gasteiger charge is -2.07. The first-order valence-electron chi connectivity index (χ1n) is 8.08. The molecule has 4 aromatic rings. The number of anilines is 1. The van der Waals surface area contributed by atoms with E-state index in [0.29, 0.717) is 33.3 Å². The fraction of sp³-hybridized carbons (Fsp3) is 0.0500. The van der Waals surface area contributed by atoms with Crippen LogP contribution in [-0.4, -0.2) is 15.9 Å². The van der Waals surface area contributed by atoms with Gasteiger partial charge in [0.05, 0.1) is 16.1 Å². The topological polar surface area (TPSA) is 68.0 Å². The summed E-state index contributed by atoms with van der Waals surface area (Å²) < 4.78 is 6.62. The third-order valence-electron chi connectivity index (χ3n) is 3.97. The van der Waals surface area contributed by atoms with E-state index in [2.05, 4.69) is 31.2 Å². The van der Waals surface area contributed by atoms with Crippen LogP contribution in [0.4, 0.5) is 5.69 Å². The zero-order chi connectivity index (χ0) is 19.0. The number of rotatable bonds is 3. The van der Waals surface area contributed by atoms with E-state index in [9.17, 15) is 4.79 Å². The van der Waals surface area contributed by atoms with Crippen LogP contribution in [0, 0.1) is 6.92 Å². The van der Waals surface area contributed by atoms with Crippen LogP contribution in [0.5, 0.6) is 0 Å². The monoisotopic (exact) mass is 441 g/mol. The third-order valence-corrected chi connectivity index (χ3v) is 4.71. The second kappa shape index (κ2) is 7.13. The number of hydrogen-bond donors (Lipinski definition) is 1. The van der Waals surface area contributed by atoms with Crippen molar-refractivity contribution in [1.29, 1.82) is 0 Å². The Bertz CT molecular complexity index is 1170. The molecular weight excluding hydrogens is 430 g/mol. The quantitative estimate of drug-likeness (QED) is 0.431. The number of pyridine rings is 1. The highest BCUT2D eigenvalue weighted by atomic mass is 79.9. The van der Waals surface area contributed by atoms with Gasteiger partial charge in [-0.15, -0.1) is 0 Å². The second-order valence-corrected chi connectivity index (χ2v) is 7.35. The van der Waals surface area contributed by atoms with E-state index in [-0.39, 0.29) is 5.91 Å². The first kappa shape index (κ1) is 17.7. The summed E-state index contributed by atoms with van der Waals surface area (Å²) in [5.41, 5.74) is 4.04. The molecule has 0 atom stereocenters. The van der Waals surface area contributed by atoms with E-state index >= 15 is 0 Å². The Morgan fingerprint density at radius 2 is 2.00 bits per heavy atom. The van der Waals surface area contributed by atoms with E-state index in [1.54, 1.807) is 42.7 Å². The molecule has 27 heavy (non-hydrogen) atoms. The lowest BCUT2D eigenvalue weighted by molar-refractivity contribution is 0.102. The lowest BCUT2D eigenvalue weighted by Crippen LogP contribution is -2.12. The van der Waals surface area contributed by atoms with E-state index in [0.717, 1.165) is 15.6 Å². The largest absolute Gasteiger partial charge is 0.436 e. The van der Waals surface area contributed by atoms with Gasteiger partial charge in [0.1, 0.15) is 5.52 Å². The number of carbonyl (C=O) groups is 1. The molecule has 2 aromatic heterocycles. The van der Waals surface area contributed by atoms with Crippen LogP contribution in [0.1, 0.15) is 15.9 Å². The van der Waals surface area contributed by atoms with Gasteiger partial charge in [-0.05, 0) is 64.8 Å². The number of benzene rings is 2. The van der Waals surface area contributed by atoms with Crippen LogP contribution in [0.25, 0.3) is 22.6 Å². The maximum absolute atomic E-state index is 12.5. The highest BCUT2D eigenvalue weighted by molar-refractivity contribution is 9.10.